The molecule has 1 aliphatic carbocycles. The molecular weight excluding hydrogens is 222 g/mol. The Kier molecular flexibility index (Phi) is 2.62. The number of benzene rings is 1. The van der Waals surface area contributed by atoms with Gasteiger partial charge in [0, 0.05) is 11.3 Å². The molecule has 1 aliphatic rings. The SMILES string of the molecule is CC(C)c1ccc(-n2nc(N)c3c2CCC3)cc1. The Morgan fingerprint density at radius 3 is 2.56 bits per heavy atom. The average Bonchev–Trinajstić information content (AvgIpc) is 2.94. The molecule has 3 heteroatoms. The van der Waals surface area contributed by atoms with Crippen LogP contribution in [0.5, 0.6) is 0 Å². The Morgan fingerprint density at radius 2 is 1.89 bits per heavy atom. The molecule has 0 saturated heterocycles. The number of nitrogens with zero attached hydrogens (tertiary/aromatic N) is 2. The summed E-state index contributed by atoms with van der Waals surface area (Å²) in [5, 5.41) is 4.47. The van der Waals surface area contributed by atoms with Gasteiger partial charge < -0.3 is 5.73 Å². The molecule has 0 unspecified atom stereocenters. The van der Waals surface area contributed by atoms with Crippen molar-refractivity contribution in [2.24, 2.45) is 0 Å². The minimum Gasteiger partial charge on any atom is -0.382 e. The van der Waals surface area contributed by atoms with Gasteiger partial charge in [-0.3, -0.25) is 0 Å². The smallest absolute Gasteiger partial charge is 0.149 e. The number of nitrogens with two attached hydrogens (primary N) is 1. The number of hydrogen-bond acceptors (Lipinski definition) is 2. The number of hydrogen-bond donors (Lipinski definition) is 1. The molecule has 2 aromatic rings. The van der Waals surface area contributed by atoms with Gasteiger partial charge in [0.25, 0.3) is 0 Å². The molecule has 0 amide bonds. The molecule has 0 spiro atoms. The Labute approximate surface area is 108 Å². The van der Waals surface area contributed by atoms with Crippen molar-refractivity contribution in [1.29, 1.82) is 0 Å². The maximum Gasteiger partial charge on any atom is 0.149 e. The summed E-state index contributed by atoms with van der Waals surface area (Å²) in [4.78, 5) is 0. The van der Waals surface area contributed by atoms with Crippen LogP contribution in [-0.2, 0) is 12.8 Å². The molecule has 0 aliphatic heterocycles. The minimum absolute atomic E-state index is 0.562. The van der Waals surface area contributed by atoms with Crippen LogP contribution in [0.25, 0.3) is 5.69 Å². The van der Waals surface area contributed by atoms with E-state index >= 15 is 0 Å². The fourth-order valence-corrected chi connectivity index (χ4v) is 2.68. The summed E-state index contributed by atoms with van der Waals surface area (Å²) in [5.74, 6) is 1.27. The van der Waals surface area contributed by atoms with E-state index < -0.39 is 0 Å². The maximum atomic E-state index is 5.98. The summed E-state index contributed by atoms with van der Waals surface area (Å²) < 4.78 is 2.02. The van der Waals surface area contributed by atoms with E-state index in [1.165, 1.54) is 23.2 Å². The molecule has 1 aromatic carbocycles. The number of anilines is 1. The van der Waals surface area contributed by atoms with E-state index in [0.717, 1.165) is 18.5 Å². The first-order chi connectivity index (χ1) is 8.66. The van der Waals surface area contributed by atoms with Crippen molar-refractivity contribution in [3.05, 3.63) is 41.1 Å². The van der Waals surface area contributed by atoms with Gasteiger partial charge in [0.15, 0.2) is 0 Å². The van der Waals surface area contributed by atoms with Crippen molar-refractivity contribution < 1.29 is 0 Å². The van der Waals surface area contributed by atoms with Gasteiger partial charge in [0.2, 0.25) is 0 Å². The molecule has 0 radical (unpaired) electrons. The van der Waals surface area contributed by atoms with E-state index in [4.69, 9.17) is 5.73 Å². The van der Waals surface area contributed by atoms with Crippen molar-refractivity contribution in [3.8, 4) is 5.69 Å². The van der Waals surface area contributed by atoms with Crippen molar-refractivity contribution in [2.45, 2.75) is 39.0 Å². The Balaban J connectivity index is 2.02. The predicted molar refractivity (Wildman–Crippen MR) is 74.1 cm³/mol. The molecule has 0 atom stereocenters. The van der Waals surface area contributed by atoms with Crippen LogP contribution >= 0.6 is 0 Å². The quantitative estimate of drug-likeness (QED) is 0.878. The minimum atomic E-state index is 0.562. The number of aromatic nitrogens is 2. The van der Waals surface area contributed by atoms with E-state index in [1.54, 1.807) is 0 Å². The van der Waals surface area contributed by atoms with E-state index in [9.17, 15) is 0 Å². The van der Waals surface area contributed by atoms with Crippen molar-refractivity contribution in [2.75, 3.05) is 5.73 Å². The van der Waals surface area contributed by atoms with Gasteiger partial charge in [0.05, 0.1) is 5.69 Å². The van der Waals surface area contributed by atoms with Gasteiger partial charge in [-0.2, -0.15) is 5.10 Å². The van der Waals surface area contributed by atoms with Gasteiger partial charge in [-0.25, -0.2) is 4.68 Å². The standard InChI is InChI=1S/C15H19N3/c1-10(2)11-6-8-12(9-7-11)18-14-5-3-4-13(14)15(16)17-18/h6-10H,3-5H2,1-2H3,(H2,16,17). The molecule has 0 bridgehead atoms. The summed E-state index contributed by atoms with van der Waals surface area (Å²) in [6.45, 7) is 4.41. The molecule has 18 heavy (non-hydrogen) atoms. The van der Waals surface area contributed by atoms with E-state index in [-0.39, 0.29) is 0 Å². The number of rotatable bonds is 2. The van der Waals surface area contributed by atoms with E-state index in [0.29, 0.717) is 11.7 Å². The second-order valence-corrected chi connectivity index (χ2v) is 5.32. The second-order valence-electron chi connectivity index (χ2n) is 5.32. The lowest BCUT2D eigenvalue weighted by atomic mass is 10.0. The first-order valence-corrected chi connectivity index (χ1v) is 6.63. The predicted octanol–water partition coefficient (Wildman–Crippen LogP) is 3.07. The van der Waals surface area contributed by atoms with Crippen molar-refractivity contribution in [3.63, 3.8) is 0 Å². The van der Waals surface area contributed by atoms with Crippen LogP contribution < -0.4 is 5.73 Å². The zero-order valence-electron chi connectivity index (χ0n) is 11.0. The first-order valence-electron chi connectivity index (χ1n) is 6.63. The number of fused-ring (bicyclic) bond motifs is 1. The van der Waals surface area contributed by atoms with Gasteiger partial charge in [0.1, 0.15) is 5.82 Å². The molecule has 3 nitrogen and oxygen atoms in total. The van der Waals surface area contributed by atoms with Crippen LogP contribution in [0.3, 0.4) is 0 Å². The van der Waals surface area contributed by atoms with Crippen LogP contribution in [0.15, 0.2) is 24.3 Å². The topological polar surface area (TPSA) is 43.8 Å². The largest absolute Gasteiger partial charge is 0.382 e. The summed E-state index contributed by atoms with van der Waals surface area (Å²) in [5.41, 5.74) is 11.0. The summed E-state index contributed by atoms with van der Waals surface area (Å²) in [7, 11) is 0. The molecular formula is C15H19N3. The summed E-state index contributed by atoms with van der Waals surface area (Å²) >= 11 is 0. The molecule has 3 rings (SSSR count). The Bertz CT molecular complexity index is 564. The van der Waals surface area contributed by atoms with E-state index in [1.807, 2.05) is 4.68 Å². The van der Waals surface area contributed by atoms with E-state index in [2.05, 4.69) is 43.2 Å². The third kappa shape index (κ3) is 1.70. The van der Waals surface area contributed by atoms with Crippen molar-refractivity contribution >= 4 is 5.82 Å². The van der Waals surface area contributed by atoms with Crippen LogP contribution in [0, 0.1) is 0 Å². The molecule has 94 valence electrons. The summed E-state index contributed by atoms with van der Waals surface area (Å²) in [6, 6.07) is 8.64. The lowest BCUT2D eigenvalue weighted by Gasteiger charge is -2.08. The van der Waals surface area contributed by atoms with Gasteiger partial charge in [-0.1, -0.05) is 26.0 Å². The molecule has 2 N–H and O–H groups in total. The van der Waals surface area contributed by atoms with Gasteiger partial charge in [-0.15, -0.1) is 0 Å². The first kappa shape index (κ1) is 11.3. The lowest BCUT2D eigenvalue weighted by molar-refractivity contribution is 0.786. The normalized spacial score (nSPS) is 14.2. The highest BCUT2D eigenvalue weighted by Gasteiger charge is 2.21. The summed E-state index contributed by atoms with van der Waals surface area (Å²) in [6.07, 6.45) is 3.36. The third-order valence-corrected chi connectivity index (χ3v) is 3.77. The Hall–Kier alpha value is -1.77. The second kappa shape index (κ2) is 4.16. The highest BCUT2D eigenvalue weighted by molar-refractivity contribution is 5.49. The van der Waals surface area contributed by atoms with Crippen molar-refractivity contribution in [1.82, 2.24) is 9.78 Å². The molecule has 0 saturated carbocycles. The number of nitrogen functional groups attached to an aromatic ring is 1. The molecule has 0 fully saturated rings. The van der Waals surface area contributed by atoms with Crippen LogP contribution in [-0.4, -0.2) is 9.78 Å². The zero-order chi connectivity index (χ0) is 12.7. The third-order valence-electron chi connectivity index (χ3n) is 3.77. The van der Waals surface area contributed by atoms with Crippen LogP contribution in [0.4, 0.5) is 5.82 Å². The zero-order valence-corrected chi connectivity index (χ0v) is 11.0. The fourth-order valence-electron chi connectivity index (χ4n) is 2.68. The lowest BCUT2D eigenvalue weighted by Crippen LogP contribution is -2.02. The van der Waals surface area contributed by atoms with Gasteiger partial charge >= 0.3 is 0 Å². The highest BCUT2D eigenvalue weighted by Crippen LogP contribution is 2.29. The molecule has 1 aromatic heterocycles. The average molecular weight is 241 g/mol. The van der Waals surface area contributed by atoms with Crippen LogP contribution in [0.2, 0.25) is 0 Å². The van der Waals surface area contributed by atoms with Crippen LogP contribution in [0.1, 0.15) is 43.0 Å². The maximum absolute atomic E-state index is 5.98. The van der Waals surface area contributed by atoms with Gasteiger partial charge in [-0.05, 0) is 42.9 Å². The fraction of sp³-hybridized carbons (Fsp3) is 0.400. The molecule has 1 heterocycles. The highest BCUT2D eigenvalue weighted by atomic mass is 15.3. The Morgan fingerprint density at radius 1 is 1.17 bits per heavy atom. The monoisotopic (exact) mass is 241 g/mol.